The van der Waals surface area contributed by atoms with Gasteiger partial charge in [-0.3, -0.25) is 0 Å². The number of aryl methyl sites for hydroxylation is 1. The van der Waals surface area contributed by atoms with Crippen LogP contribution in [0.4, 0.5) is 0 Å². The van der Waals surface area contributed by atoms with Crippen LogP contribution >= 0.6 is 0 Å². The zero-order chi connectivity index (χ0) is 20.7. The molecule has 0 amide bonds. The standard InChI is InChI=1S/C26H20O3S/c1-18-14-16-19(17-15-18)30(27,28)29-25-13-7-6-12-24(25)26-22-10-4-2-8-20(22)21-9-3-5-11-23(21)26/h2-17,26H,1H3. The van der Waals surface area contributed by atoms with Crippen LogP contribution in [0.3, 0.4) is 0 Å². The Morgan fingerprint density at radius 2 is 1.13 bits per heavy atom. The summed E-state index contributed by atoms with van der Waals surface area (Å²) in [5, 5.41) is 0. The van der Waals surface area contributed by atoms with E-state index in [1.54, 1.807) is 36.4 Å². The van der Waals surface area contributed by atoms with E-state index >= 15 is 0 Å². The van der Waals surface area contributed by atoms with E-state index in [2.05, 4.69) is 24.3 Å². The Kier molecular flexibility index (Phi) is 4.44. The summed E-state index contributed by atoms with van der Waals surface area (Å²) in [6.45, 7) is 1.92. The largest absolute Gasteiger partial charge is 0.379 e. The third-order valence-corrected chi connectivity index (χ3v) is 6.82. The first-order valence-corrected chi connectivity index (χ1v) is 11.2. The molecule has 0 aliphatic heterocycles. The molecule has 3 nitrogen and oxygen atoms in total. The fourth-order valence-electron chi connectivity index (χ4n) is 4.16. The van der Waals surface area contributed by atoms with Crippen LogP contribution in [0.1, 0.15) is 28.2 Å². The van der Waals surface area contributed by atoms with E-state index in [0.29, 0.717) is 5.75 Å². The molecule has 0 atom stereocenters. The molecule has 4 aromatic rings. The van der Waals surface area contributed by atoms with Gasteiger partial charge in [0.1, 0.15) is 10.6 Å². The highest BCUT2D eigenvalue weighted by molar-refractivity contribution is 7.87. The topological polar surface area (TPSA) is 43.4 Å². The van der Waals surface area contributed by atoms with Gasteiger partial charge in [-0.2, -0.15) is 8.42 Å². The number of benzene rings is 4. The lowest BCUT2D eigenvalue weighted by Crippen LogP contribution is -2.12. The minimum atomic E-state index is -3.94. The van der Waals surface area contributed by atoms with Gasteiger partial charge in [0.2, 0.25) is 0 Å². The SMILES string of the molecule is Cc1ccc(S(=O)(=O)Oc2ccccc2C2c3ccccc3-c3ccccc32)cc1. The fraction of sp³-hybridized carbons (Fsp3) is 0.0769. The molecule has 4 heteroatoms. The summed E-state index contributed by atoms with van der Waals surface area (Å²) in [5.41, 5.74) is 6.49. The van der Waals surface area contributed by atoms with Crippen LogP contribution in [-0.4, -0.2) is 8.42 Å². The predicted molar refractivity (Wildman–Crippen MR) is 118 cm³/mol. The van der Waals surface area contributed by atoms with Gasteiger partial charge in [-0.25, -0.2) is 0 Å². The summed E-state index contributed by atoms with van der Waals surface area (Å²) in [4.78, 5) is 0.148. The summed E-state index contributed by atoms with van der Waals surface area (Å²) in [6.07, 6.45) is 0. The van der Waals surface area contributed by atoms with Crippen LogP contribution in [0.15, 0.2) is 102 Å². The molecular weight excluding hydrogens is 392 g/mol. The Morgan fingerprint density at radius 1 is 0.633 bits per heavy atom. The summed E-state index contributed by atoms with van der Waals surface area (Å²) in [5.74, 6) is 0.274. The molecule has 0 fully saturated rings. The van der Waals surface area contributed by atoms with Crippen LogP contribution in [0.25, 0.3) is 11.1 Å². The number of fused-ring (bicyclic) bond motifs is 3. The van der Waals surface area contributed by atoms with Gasteiger partial charge >= 0.3 is 10.1 Å². The van der Waals surface area contributed by atoms with Crippen LogP contribution in [-0.2, 0) is 10.1 Å². The second kappa shape index (κ2) is 7.15. The zero-order valence-corrected chi connectivity index (χ0v) is 17.3. The van der Waals surface area contributed by atoms with Crippen LogP contribution in [0.5, 0.6) is 5.75 Å². The van der Waals surface area contributed by atoms with Gasteiger partial charge < -0.3 is 4.18 Å². The third kappa shape index (κ3) is 3.10. The molecule has 0 unspecified atom stereocenters. The van der Waals surface area contributed by atoms with Crippen molar-refractivity contribution in [3.05, 3.63) is 119 Å². The maximum atomic E-state index is 12.9. The lowest BCUT2D eigenvalue weighted by molar-refractivity contribution is 0.482. The molecule has 148 valence electrons. The Morgan fingerprint density at radius 3 is 1.73 bits per heavy atom. The first-order valence-electron chi connectivity index (χ1n) is 9.83. The van der Waals surface area contributed by atoms with Crippen molar-refractivity contribution < 1.29 is 12.6 Å². The molecule has 0 bridgehead atoms. The maximum absolute atomic E-state index is 12.9. The molecular formula is C26H20O3S. The average molecular weight is 413 g/mol. The quantitative estimate of drug-likeness (QED) is 0.344. The Labute approximate surface area is 176 Å². The Hall–Kier alpha value is -3.37. The smallest absolute Gasteiger partial charge is 0.339 e. The highest BCUT2D eigenvalue weighted by Gasteiger charge is 2.32. The van der Waals surface area contributed by atoms with E-state index in [4.69, 9.17) is 4.18 Å². The highest BCUT2D eigenvalue weighted by atomic mass is 32.2. The number of hydrogen-bond donors (Lipinski definition) is 0. The van der Waals surface area contributed by atoms with E-state index < -0.39 is 10.1 Å². The molecule has 4 aromatic carbocycles. The summed E-state index contributed by atoms with van der Waals surface area (Å²) in [6, 6.07) is 30.6. The summed E-state index contributed by atoms with van der Waals surface area (Å²) >= 11 is 0. The summed E-state index contributed by atoms with van der Waals surface area (Å²) < 4.78 is 31.6. The van der Waals surface area contributed by atoms with Crippen molar-refractivity contribution in [2.24, 2.45) is 0 Å². The molecule has 1 aliphatic rings. The van der Waals surface area contributed by atoms with Crippen LogP contribution < -0.4 is 4.18 Å². The van der Waals surface area contributed by atoms with E-state index in [1.165, 1.54) is 11.1 Å². The average Bonchev–Trinajstić information content (AvgIpc) is 3.09. The highest BCUT2D eigenvalue weighted by Crippen LogP contribution is 2.49. The summed E-state index contributed by atoms with van der Waals surface area (Å²) in [7, 11) is -3.94. The predicted octanol–water partition coefficient (Wildman–Crippen LogP) is 5.92. The van der Waals surface area contributed by atoms with Gasteiger partial charge in [0.15, 0.2) is 0 Å². The molecule has 5 rings (SSSR count). The van der Waals surface area contributed by atoms with Crippen LogP contribution in [0, 0.1) is 6.92 Å². The van der Waals surface area contributed by atoms with Gasteiger partial charge in [0.25, 0.3) is 0 Å². The lowest BCUT2D eigenvalue weighted by Gasteiger charge is -2.18. The molecule has 0 saturated heterocycles. The molecule has 0 radical (unpaired) electrons. The van der Waals surface area contributed by atoms with Gasteiger partial charge in [0, 0.05) is 11.5 Å². The Balaban J connectivity index is 1.62. The van der Waals surface area contributed by atoms with Gasteiger partial charge in [0.05, 0.1) is 0 Å². The monoisotopic (exact) mass is 412 g/mol. The molecule has 0 saturated carbocycles. The number of para-hydroxylation sites is 1. The fourth-order valence-corrected chi connectivity index (χ4v) is 5.11. The van der Waals surface area contributed by atoms with Crippen molar-refractivity contribution in [1.82, 2.24) is 0 Å². The third-order valence-electron chi connectivity index (χ3n) is 5.57. The van der Waals surface area contributed by atoms with Gasteiger partial charge in [-0.1, -0.05) is 84.4 Å². The lowest BCUT2D eigenvalue weighted by atomic mass is 9.89. The van der Waals surface area contributed by atoms with Gasteiger partial charge in [-0.05, 0) is 47.4 Å². The molecule has 0 spiro atoms. The van der Waals surface area contributed by atoms with Crippen molar-refractivity contribution >= 4 is 10.1 Å². The van der Waals surface area contributed by atoms with E-state index in [-0.39, 0.29) is 10.8 Å². The van der Waals surface area contributed by atoms with E-state index in [9.17, 15) is 8.42 Å². The maximum Gasteiger partial charge on any atom is 0.339 e. The van der Waals surface area contributed by atoms with Gasteiger partial charge in [-0.15, -0.1) is 0 Å². The first kappa shape index (κ1) is 18.6. The zero-order valence-electron chi connectivity index (χ0n) is 16.4. The Bertz CT molecular complexity index is 1290. The van der Waals surface area contributed by atoms with Crippen molar-refractivity contribution in [2.45, 2.75) is 17.7 Å². The number of hydrogen-bond acceptors (Lipinski definition) is 3. The van der Waals surface area contributed by atoms with E-state index in [1.807, 2.05) is 43.3 Å². The minimum Gasteiger partial charge on any atom is -0.379 e. The molecule has 0 N–H and O–H groups in total. The second-order valence-electron chi connectivity index (χ2n) is 7.50. The van der Waals surface area contributed by atoms with Crippen molar-refractivity contribution in [1.29, 1.82) is 0 Å². The minimum absolute atomic E-state index is 0.0817. The van der Waals surface area contributed by atoms with Crippen molar-refractivity contribution in [2.75, 3.05) is 0 Å². The van der Waals surface area contributed by atoms with Crippen LogP contribution in [0.2, 0.25) is 0 Å². The van der Waals surface area contributed by atoms with Crippen molar-refractivity contribution in [3.8, 4) is 16.9 Å². The molecule has 1 aliphatic carbocycles. The van der Waals surface area contributed by atoms with E-state index in [0.717, 1.165) is 22.3 Å². The molecule has 30 heavy (non-hydrogen) atoms. The second-order valence-corrected chi connectivity index (χ2v) is 9.04. The first-order chi connectivity index (χ1) is 14.5. The molecule has 0 aromatic heterocycles. The van der Waals surface area contributed by atoms with Crippen molar-refractivity contribution in [3.63, 3.8) is 0 Å². The number of rotatable bonds is 4. The normalized spacial score (nSPS) is 13.0. The molecule has 0 heterocycles.